The molecule has 0 atom stereocenters. The Hall–Kier alpha value is -1.81. The van der Waals surface area contributed by atoms with Gasteiger partial charge in [0.15, 0.2) is 9.84 Å². The van der Waals surface area contributed by atoms with Crippen LogP contribution in [0.3, 0.4) is 0 Å². The molecule has 0 aliphatic heterocycles. The molecule has 0 saturated heterocycles. The Morgan fingerprint density at radius 1 is 0.833 bits per heavy atom. The van der Waals surface area contributed by atoms with E-state index >= 15 is 0 Å². The van der Waals surface area contributed by atoms with Crippen LogP contribution < -0.4 is 4.74 Å². The van der Waals surface area contributed by atoms with Gasteiger partial charge in [-0.15, -0.1) is 0 Å². The molecule has 3 nitrogen and oxygen atoms in total. The number of rotatable bonds is 3. The largest absolute Gasteiger partial charge is 0.457 e. The first-order valence-electron chi connectivity index (χ1n) is 5.50. The zero-order valence-electron chi connectivity index (χ0n) is 10.3. The Kier molecular flexibility index (Phi) is 3.39. The van der Waals surface area contributed by atoms with E-state index in [4.69, 9.17) is 4.74 Å². The van der Waals surface area contributed by atoms with E-state index < -0.39 is 9.84 Å². The van der Waals surface area contributed by atoms with E-state index in [1.165, 1.54) is 6.26 Å². The Morgan fingerprint density at radius 2 is 1.28 bits per heavy atom. The van der Waals surface area contributed by atoms with E-state index in [-0.39, 0.29) is 0 Å². The fourth-order valence-electron chi connectivity index (χ4n) is 1.50. The van der Waals surface area contributed by atoms with Crippen LogP contribution in [0.1, 0.15) is 5.56 Å². The lowest BCUT2D eigenvalue weighted by atomic mass is 10.2. The average molecular weight is 262 g/mol. The van der Waals surface area contributed by atoms with Gasteiger partial charge >= 0.3 is 0 Å². The van der Waals surface area contributed by atoms with Crippen LogP contribution in [-0.4, -0.2) is 14.7 Å². The third kappa shape index (κ3) is 3.11. The zero-order chi connectivity index (χ0) is 13.2. The summed E-state index contributed by atoms with van der Waals surface area (Å²) in [4.78, 5) is 0.291. The summed E-state index contributed by atoms with van der Waals surface area (Å²) in [6, 6.07) is 14.0. The first kappa shape index (κ1) is 12.6. The van der Waals surface area contributed by atoms with Crippen LogP contribution in [0, 0.1) is 6.92 Å². The minimum absolute atomic E-state index is 0.291. The number of benzene rings is 2. The molecule has 0 unspecified atom stereocenters. The van der Waals surface area contributed by atoms with Crippen molar-refractivity contribution in [3.8, 4) is 11.5 Å². The molecule has 0 heterocycles. The van der Waals surface area contributed by atoms with E-state index in [1.54, 1.807) is 24.3 Å². The highest BCUT2D eigenvalue weighted by atomic mass is 32.2. The molecule has 0 saturated carbocycles. The molecule has 2 aromatic rings. The maximum absolute atomic E-state index is 11.3. The maximum Gasteiger partial charge on any atom is 0.175 e. The molecule has 0 amide bonds. The van der Waals surface area contributed by atoms with Crippen molar-refractivity contribution in [1.82, 2.24) is 0 Å². The van der Waals surface area contributed by atoms with Crippen LogP contribution in [0.2, 0.25) is 0 Å². The monoisotopic (exact) mass is 262 g/mol. The van der Waals surface area contributed by atoms with Gasteiger partial charge in [0.25, 0.3) is 0 Å². The predicted molar refractivity (Wildman–Crippen MR) is 70.8 cm³/mol. The van der Waals surface area contributed by atoms with Crippen LogP contribution in [0.5, 0.6) is 11.5 Å². The van der Waals surface area contributed by atoms with Gasteiger partial charge in [0.2, 0.25) is 0 Å². The average Bonchev–Trinajstić information content (AvgIpc) is 2.32. The number of sulfone groups is 1. The summed E-state index contributed by atoms with van der Waals surface area (Å²) < 4.78 is 28.2. The summed E-state index contributed by atoms with van der Waals surface area (Å²) in [5.74, 6) is 1.35. The number of ether oxygens (including phenoxy) is 1. The number of hydrogen-bond donors (Lipinski definition) is 0. The van der Waals surface area contributed by atoms with Gasteiger partial charge < -0.3 is 4.74 Å². The molecule has 0 aromatic heterocycles. The molecule has 0 bridgehead atoms. The first-order chi connectivity index (χ1) is 8.45. The SMILES string of the molecule is Cc1ccc(Oc2ccc(S(C)(=O)=O)cc2)cc1. The standard InChI is InChI=1S/C14H14O3S/c1-11-3-5-12(6-4-11)17-13-7-9-14(10-8-13)18(2,15)16/h3-10H,1-2H3. The van der Waals surface area contributed by atoms with E-state index in [9.17, 15) is 8.42 Å². The van der Waals surface area contributed by atoms with E-state index in [2.05, 4.69) is 0 Å². The normalized spacial score (nSPS) is 11.2. The van der Waals surface area contributed by atoms with Crippen molar-refractivity contribution in [2.75, 3.05) is 6.26 Å². The van der Waals surface area contributed by atoms with Gasteiger partial charge in [0.05, 0.1) is 4.90 Å². The van der Waals surface area contributed by atoms with Crippen molar-refractivity contribution in [3.63, 3.8) is 0 Å². The van der Waals surface area contributed by atoms with Crippen LogP contribution in [0.15, 0.2) is 53.4 Å². The van der Waals surface area contributed by atoms with Gasteiger partial charge in [-0.2, -0.15) is 0 Å². The molecule has 94 valence electrons. The molecule has 2 rings (SSSR count). The number of hydrogen-bond acceptors (Lipinski definition) is 3. The molecule has 0 radical (unpaired) electrons. The van der Waals surface area contributed by atoms with Gasteiger partial charge in [0, 0.05) is 6.26 Å². The molecule has 0 N–H and O–H groups in total. The number of aryl methyl sites for hydroxylation is 1. The van der Waals surface area contributed by atoms with Crippen molar-refractivity contribution in [2.24, 2.45) is 0 Å². The lowest BCUT2D eigenvalue weighted by molar-refractivity contribution is 0.482. The molecule has 0 aliphatic rings. The lowest BCUT2D eigenvalue weighted by Crippen LogP contribution is -1.96. The summed E-state index contributed by atoms with van der Waals surface area (Å²) in [6.07, 6.45) is 1.18. The van der Waals surface area contributed by atoms with Crippen molar-refractivity contribution >= 4 is 9.84 Å². The summed E-state index contributed by atoms with van der Waals surface area (Å²) in [7, 11) is -3.15. The smallest absolute Gasteiger partial charge is 0.175 e. The molecular formula is C14H14O3S. The van der Waals surface area contributed by atoms with Gasteiger partial charge in [-0.1, -0.05) is 17.7 Å². The topological polar surface area (TPSA) is 43.4 Å². The summed E-state index contributed by atoms with van der Waals surface area (Å²) in [5, 5.41) is 0. The van der Waals surface area contributed by atoms with Gasteiger partial charge in [-0.05, 0) is 43.3 Å². The van der Waals surface area contributed by atoms with Gasteiger partial charge in [-0.3, -0.25) is 0 Å². The summed E-state index contributed by atoms with van der Waals surface area (Å²) in [5.41, 5.74) is 1.16. The zero-order valence-corrected chi connectivity index (χ0v) is 11.1. The minimum atomic E-state index is -3.15. The molecule has 0 aliphatic carbocycles. The molecule has 18 heavy (non-hydrogen) atoms. The quantitative estimate of drug-likeness (QED) is 0.853. The maximum atomic E-state index is 11.3. The van der Waals surface area contributed by atoms with Gasteiger partial charge in [-0.25, -0.2) is 8.42 Å². The fraction of sp³-hybridized carbons (Fsp3) is 0.143. The highest BCUT2D eigenvalue weighted by Crippen LogP contribution is 2.23. The molecule has 2 aromatic carbocycles. The van der Waals surface area contributed by atoms with Crippen molar-refractivity contribution in [3.05, 3.63) is 54.1 Å². The Labute approximate surface area is 107 Å². The summed E-state index contributed by atoms with van der Waals surface area (Å²) >= 11 is 0. The highest BCUT2D eigenvalue weighted by molar-refractivity contribution is 7.90. The van der Waals surface area contributed by atoms with Crippen LogP contribution in [-0.2, 0) is 9.84 Å². The molecule has 0 spiro atoms. The van der Waals surface area contributed by atoms with Crippen molar-refractivity contribution < 1.29 is 13.2 Å². The second-order valence-electron chi connectivity index (χ2n) is 4.16. The fourth-order valence-corrected chi connectivity index (χ4v) is 2.13. The van der Waals surface area contributed by atoms with E-state index in [1.807, 2.05) is 31.2 Å². The first-order valence-corrected chi connectivity index (χ1v) is 7.39. The highest BCUT2D eigenvalue weighted by Gasteiger charge is 2.06. The second-order valence-corrected chi connectivity index (χ2v) is 6.17. The van der Waals surface area contributed by atoms with Crippen molar-refractivity contribution in [1.29, 1.82) is 0 Å². The van der Waals surface area contributed by atoms with E-state index in [0.717, 1.165) is 11.3 Å². The van der Waals surface area contributed by atoms with Gasteiger partial charge in [0.1, 0.15) is 11.5 Å². The van der Waals surface area contributed by atoms with Crippen molar-refractivity contribution in [2.45, 2.75) is 11.8 Å². The third-order valence-electron chi connectivity index (χ3n) is 2.51. The Bertz CT molecular complexity index is 626. The minimum Gasteiger partial charge on any atom is -0.457 e. The molecule has 4 heteroatoms. The third-order valence-corrected chi connectivity index (χ3v) is 3.64. The second kappa shape index (κ2) is 4.82. The summed E-state index contributed by atoms with van der Waals surface area (Å²) in [6.45, 7) is 2.00. The van der Waals surface area contributed by atoms with Crippen LogP contribution in [0.4, 0.5) is 0 Å². The Balaban J connectivity index is 2.18. The Morgan fingerprint density at radius 3 is 1.72 bits per heavy atom. The molecule has 0 fully saturated rings. The van der Waals surface area contributed by atoms with Crippen LogP contribution >= 0.6 is 0 Å². The molecular weight excluding hydrogens is 248 g/mol. The van der Waals surface area contributed by atoms with Crippen LogP contribution in [0.25, 0.3) is 0 Å². The van der Waals surface area contributed by atoms with E-state index in [0.29, 0.717) is 10.6 Å². The predicted octanol–water partition coefficient (Wildman–Crippen LogP) is 3.19. The lowest BCUT2D eigenvalue weighted by Gasteiger charge is -2.06.